The number of halogens is 3. The van der Waals surface area contributed by atoms with E-state index in [0.29, 0.717) is 5.75 Å². The maximum Gasteiger partial charge on any atom is 0.451 e. The first-order chi connectivity index (χ1) is 10.4. The van der Waals surface area contributed by atoms with Crippen LogP contribution in [0, 0.1) is 0 Å². The van der Waals surface area contributed by atoms with E-state index in [9.17, 15) is 18.0 Å². The molecule has 0 fully saturated rings. The number of aromatic amines is 1. The number of ether oxygens (including phenoxy) is 1. The number of carbonyl (C=O) groups is 1. The molecule has 2 aromatic rings. The van der Waals surface area contributed by atoms with Crippen molar-refractivity contribution in [1.82, 2.24) is 15.2 Å². The number of H-pyrrole nitrogens is 1. The van der Waals surface area contributed by atoms with Gasteiger partial charge in [0.15, 0.2) is 6.61 Å². The van der Waals surface area contributed by atoms with Crippen LogP contribution in [0.4, 0.5) is 19.1 Å². The molecule has 6 nitrogen and oxygen atoms in total. The summed E-state index contributed by atoms with van der Waals surface area (Å²) in [5.74, 6) is -1.84. The first kappa shape index (κ1) is 15.8. The van der Waals surface area contributed by atoms with Gasteiger partial charge in [-0.25, -0.2) is 0 Å². The maximum atomic E-state index is 12.3. The Balaban J connectivity index is 1.92. The van der Waals surface area contributed by atoms with E-state index in [1.54, 1.807) is 17.2 Å². The second kappa shape index (κ2) is 6.46. The normalized spacial score (nSPS) is 11.3. The number of amides is 1. The molecule has 1 aromatic carbocycles. The molecular formula is C13H13F3N4O2. The highest BCUT2D eigenvalue weighted by atomic mass is 19.4. The Kier molecular flexibility index (Phi) is 4.64. The first-order valence-electron chi connectivity index (χ1n) is 6.40. The third kappa shape index (κ3) is 3.96. The van der Waals surface area contributed by atoms with Gasteiger partial charge in [-0.15, -0.1) is 5.10 Å². The van der Waals surface area contributed by atoms with E-state index in [1.807, 2.05) is 19.1 Å². The molecule has 2 N–H and O–H groups in total. The summed E-state index contributed by atoms with van der Waals surface area (Å²) >= 11 is 0. The predicted octanol–water partition coefficient (Wildman–Crippen LogP) is 2.40. The van der Waals surface area contributed by atoms with Crippen LogP contribution in [0.3, 0.4) is 0 Å². The highest BCUT2D eigenvalue weighted by Crippen LogP contribution is 2.26. The third-order valence-corrected chi connectivity index (χ3v) is 2.72. The Labute approximate surface area is 123 Å². The first-order valence-corrected chi connectivity index (χ1v) is 6.40. The lowest BCUT2D eigenvalue weighted by Gasteiger charge is -2.09. The summed E-state index contributed by atoms with van der Waals surface area (Å²) in [6, 6.07) is 7.17. The average Bonchev–Trinajstić information content (AvgIpc) is 2.94. The van der Waals surface area contributed by atoms with Crippen molar-refractivity contribution in [3.05, 3.63) is 35.7 Å². The minimum absolute atomic E-state index is 0.354. The van der Waals surface area contributed by atoms with Gasteiger partial charge in [0.1, 0.15) is 5.75 Å². The van der Waals surface area contributed by atoms with Gasteiger partial charge in [0, 0.05) is 0 Å². The number of hydrogen-bond donors (Lipinski definition) is 2. The van der Waals surface area contributed by atoms with Gasteiger partial charge in [-0.1, -0.05) is 25.1 Å². The number of rotatable bonds is 5. The molecule has 1 heterocycles. The molecule has 1 amide bonds. The van der Waals surface area contributed by atoms with E-state index >= 15 is 0 Å². The number of benzene rings is 1. The molecule has 118 valence electrons. The Morgan fingerprint density at radius 2 is 2.09 bits per heavy atom. The van der Waals surface area contributed by atoms with Crippen molar-refractivity contribution in [3.8, 4) is 5.75 Å². The number of aryl methyl sites for hydroxylation is 1. The lowest BCUT2D eigenvalue weighted by Crippen LogP contribution is -2.21. The van der Waals surface area contributed by atoms with E-state index in [4.69, 9.17) is 4.74 Å². The van der Waals surface area contributed by atoms with Gasteiger partial charge in [0.2, 0.25) is 11.8 Å². The minimum atomic E-state index is -4.65. The molecule has 0 aliphatic carbocycles. The van der Waals surface area contributed by atoms with Gasteiger partial charge in [0.25, 0.3) is 5.91 Å². The van der Waals surface area contributed by atoms with Gasteiger partial charge in [0.05, 0.1) is 0 Å². The highest BCUT2D eigenvalue weighted by Gasteiger charge is 2.35. The molecule has 22 heavy (non-hydrogen) atoms. The predicted molar refractivity (Wildman–Crippen MR) is 71.3 cm³/mol. The number of carbonyl (C=O) groups excluding carboxylic acids is 1. The molecule has 0 aliphatic heterocycles. The van der Waals surface area contributed by atoms with Crippen LogP contribution < -0.4 is 10.1 Å². The number of hydrogen-bond acceptors (Lipinski definition) is 4. The minimum Gasteiger partial charge on any atom is -0.483 e. The molecular weight excluding hydrogens is 301 g/mol. The smallest absolute Gasteiger partial charge is 0.451 e. The van der Waals surface area contributed by atoms with Crippen molar-refractivity contribution >= 4 is 11.9 Å². The monoisotopic (exact) mass is 314 g/mol. The van der Waals surface area contributed by atoms with Crippen LogP contribution in [0.2, 0.25) is 0 Å². The largest absolute Gasteiger partial charge is 0.483 e. The molecule has 2 rings (SSSR count). The van der Waals surface area contributed by atoms with Gasteiger partial charge in [-0.3, -0.25) is 15.2 Å². The van der Waals surface area contributed by atoms with Crippen molar-refractivity contribution < 1.29 is 22.7 Å². The molecule has 0 aliphatic rings. The summed E-state index contributed by atoms with van der Waals surface area (Å²) in [4.78, 5) is 14.8. The van der Waals surface area contributed by atoms with Gasteiger partial charge >= 0.3 is 6.18 Å². The summed E-state index contributed by atoms with van der Waals surface area (Å²) in [5.41, 5.74) is 0.924. The number of nitrogens with zero attached hydrogens (tertiary/aromatic N) is 2. The van der Waals surface area contributed by atoms with Crippen LogP contribution in [-0.4, -0.2) is 27.7 Å². The fourth-order valence-corrected chi connectivity index (χ4v) is 1.69. The number of alkyl halides is 3. The summed E-state index contributed by atoms with van der Waals surface area (Å²) in [5, 5.41) is 7.09. The van der Waals surface area contributed by atoms with Crippen LogP contribution in [0.1, 0.15) is 18.3 Å². The zero-order chi connectivity index (χ0) is 16.2. The van der Waals surface area contributed by atoms with Gasteiger partial charge < -0.3 is 4.74 Å². The molecule has 1 aromatic heterocycles. The summed E-state index contributed by atoms with van der Waals surface area (Å²) < 4.78 is 42.3. The van der Waals surface area contributed by atoms with Gasteiger partial charge in [-0.05, 0) is 18.1 Å². The van der Waals surface area contributed by atoms with Crippen molar-refractivity contribution in [2.45, 2.75) is 19.5 Å². The van der Waals surface area contributed by atoms with Crippen LogP contribution >= 0.6 is 0 Å². The molecule has 0 atom stereocenters. The van der Waals surface area contributed by atoms with Crippen molar-refractivity contribution in [2.75, 3.05) is 11.9 Å². The van der Waals surface area contributed by atoms with Crippen LogP contribution in [0.25, 0.3) is 0 Å². The molecule has 9 heteroatoms. The van der Waals surface area contributed by atoms with E-state index in [-0.39, 0.29) is 6.61 Å². The van der Waals surface area contributed by atoms with E-state index < -0.39 is 23.9 Å². The Morgan fingerprint density at radius 3 is 2.73 bits per heavy atom. The fraction of sp³-hybridized carbons (Fsp3) is 0.308. The van der Waals surface area contributed by atoms with E-state index in [0.717, 1.165) is 12.0 Å². The summed E-state index contributed by atoms with van der Waals surface area (Å²) in [6.45, 7) is 1.58. The molecule has 0 radical (unpaired) electrons. The van der Waals surface area contributed by atoms with Crippen molar-refractivity contribution in [2.24, 2.45) is 0 Å². The zero-order valence-electron chi connectivity index (χ0n) is 11.6. The molecule has 0 bridgehead atoms. The lowest BCUT2D eigenvalue weighted by atomic mass is 10.1. The number of para-hydroxylation sites is 1. The number of nitrogens with one attached hydrogen (secondary N) is 2. The molecule has 0 unspecified atom stereocenters. The van der Waals surface area contributed by atoms with E-state index in [2.05, 4.69) is 15.4 Å². The molecule has 0 spiro atoms. The summed E-state index contributed by atoms with van der Waals surface area (Å²) in [7, 11) is 0. The fourth-order valence-electron chi connectivity index (χ4n) is 1.69. The van der Waals surface area contributed by atoms with Crippen molar-refractivity contribution in [1.29, 1.82) is 0 Å². The number of aromatic nitrogens is 3. The highest BCUT2D eigenvalue weighted by molar-refractivity contribution is 5.90. The SMILES string of the molecule is CCc1ccccc1OCC(=O)Nc1n[nH]c(C(F)(F)F)n1. The average molecular weight is 314 g/mol. The standard InChI is InChI=1S/C13H13F3N4O2/c1-2-8-5-3-4-6-9(8)22-7-10(21)17-12-18-11(19-20-12)13(14,15)16/h3-6H,2,7H2,1H3,(H2,17,18,19,20,21). The third-order valence-electron chi connectivity index (χ3n) is 2.72. The summed E-state index contributed by atoms with van der Waals surface area (Å²) in [6.07, 6.45) is -3.92. The van der Waals surface area contributed by atoms with Crippen LogP contribution in [0.5, 0.6) is 5.75 Å². The van der Waals surface area contributed by atoms with Crippen LogP contribution in [0.15, 0.2) is 24.3 Å². The van der Waals surface area contributed by atoms with E-state index in [1.165, 1.54) is 0 Å². The van der Waals surface area contributed by atoms with Crippen molar-refractivity contribution in [3.63, 3.8) is 0 Å². The molecule has 0 saturated heterocycles. The van der Waals surface area contributed by atoms with Crippen LogP contribution in [-0.2, 0) is 17.4 Å². The Bertz CT molecular complexity index is 655. The number of anilines is 1. The Morgan fingerprint density at radius 1 is 1.36 bits per heavy atom. The Hall–Kier alpha value is -2.58. The second-order valence-electron chi connectivity index (χ2n) is 4.30. The second-order valence-corrected chi connectivity index (χ2v) is 4.30. The topological polar surface area (TPSA) is 79.9 Å². The molecule has 0 saturated carbocycles. The quantitative estimate of drug-likeness (QED) is 0.888. The lowest BCUT2D eigenvalue weighted by molar-refractivity contribution is -0.144. The zero-order valence-corrected chi connectivity index (χ0v) is 11.6. The maximum absolute atomic E-state index is 12.3. The van der Waals surface area contributed by atoms with Gasteiger partial charge in [-0.2, -0.15) is 18.2 Å².